The number of rotatable bonds is 5. The van der Waals surface area contributed by atoms with E-state index in [1.165, 1.54) is 16.7 Å². The van der Waals surface area contributed by atoms with Crippen molar-refractivity contribution in [3.8, 4) is 5.75 Å². The normalized spacial score (nSPS) is 12.2. The number of pyridine rings is 1. The van der Waals surface area contributed by atoms with E-state index < -0.39 is 0 Å². The summed E-state index contributed by atoms with van der Waals surface area (Å²) in [5, 5.41) is 3.52. The fourth-order valence-corrected chi connectivity index (χ4v) is 2.57. The quantitative estimate of drug-likeness (QED) is 0.896. The molecule has 0 bridgehead atoms. The number of benzene rings is 1. The topological polar surface area (TPSA) is 34.1 Å². The fraction of sp³-hybridized carbons (Fsp3) is 0.312. The minimum absolute atomic E-state index is 0.261. The van der Waals surface area contributed by atoms with Gasteiger partial charge in [0, 0.05) is 25.0 Å². The highest BCUT2D eigenvalue weighted by molar-refractivity contribution is 9.10. The summed E-state index contributed by atoms with van der Waals surface area (Å²) < 4.78 is 6.22. The summed E-state index contributed by atoms with van der Waals surface area (Å²) in [6, 6.07) is 8.44. The first-order chi connectivity index (χ1) is 9.61. The number of hydrogen-bond donors (Lipinski definition) is 1. The van der Waals surface area contributed by atoms with E-state index in [0.29, 0.717) is 0 Å². The maximum atomic E-state index is 5.25. The summed E-state index contributed by atoms with van der Waals surface area (Å²) >= 11 is 3.52. The number of hydrogen-bond acceptors (Lipinski definition) is 3. The van der Waals surface area contributed by atoms with Gasteiger partial charge in [0.2, 0.25) is 0 Å². The zero-order chi connectivity index (χ0) is 14.5. The molecule has 3 nitrogen and oxygen atoms in total. The van der Waals surface area contributed by atoms with Crippen molar-refractivity contribution in [2.24, 2.45) is 0 Å². The molecule has 0 saturated carbocycles. The van der Waals surface area contributed by atoms with Crippen LogP contribution in [0, 0.1) is 6.92 Å². The largest absolute Gasteiger partial charge is 0.496 e. The van der Waals surface area contributed by atoms with Gasteiger partial charge in [-0.2, -0.15) is 0 Å². The Morgan fingerprint density at radius 2 is 2.15 bits per heavy atom. The van der Waals surface area contributed by atoms with E-state index in [4.69, 9.17) is 4.74 Å². The number of nitrogens with one attached hydrogen (secondary N) is 1. The molecule has 1 unspecified atom stereocenters. The first-order valence-corrected chi connectivity index (χ1v) is 7.37. The number of aryl methyl sites for hydroxylation is 1. The monoisotopic (exact) mass is 334 g/mol. The molecule has 1 heterocycles. The predicted molar refractivity (Wildman–Crippen MR) is 84.9 cm³/mol. The Kier molecular flexibility index (Phi) is 5.15. The lowest BCUT2D eigenvalue weighted by molar-refractivity contribution is 0.411. The average Bonchev–Trinajstić information content (AvgIpc) is 2.46. The van der Waals surface area contributed by atoms with Crippen molar-refractivity contribution in [2.75, 3.05) is 7.11 Å². The second-order valence-electron chi connectivity index (χ2n) is 4.80. The van der Waals surface area contributed by atoms with E-state index in [1.807, 2.05) is 24.5 Å². The van der Waals surface area contributed by atoms with Crippen molar-refractivity contribution in [2.45, 2.75) is 26.4 Å². The molecule has 0 amide bonds. The molecule has 4 heteroatoms. The highest BCUT2D eigenvalue weighted by Crippen LogP contribution is 2.28. The first kappa shape index (κ1) is 15.0. The van der Waals surface area contributed by atoms with Gasteiger partial charge in [-0.05, 0) is 64.7 Å². The smallest absolute Gasteiger partial charge is 0.133 e. The summed E-state index contributed by atoms with van der Waals surface area (Å²) in [4.78, 5) is 4.17. The molecule has 0 spiro atoms. The molecule has 2 rings (SSSR count). The van der Waals surface area contributed by atoms with Crippen LogP contribution in [0.3, 0.4) is 0 Å². The van der Waals surface area contributed by atoms with Gasteiger partial charge in [0.1, 0.15) is 5.75 Å². The van der Waals surface area contributed by atoms with Gasteiger partial charge in [-0.15, -0.1) is 0 Å². The van der Waals surface area contributed by atoms with Crippen LogP contribution in [0.4, 0.5) is 0 Å². The lowest BCUT2D eigenvalue weighted by atomic mass is 10.1. The van der Waals surface area contributed by atoms with Crippen molar-refractivity contribution in [3.05, 3.63) is 57.8 Å². The van der Waals surface area contributed by atoms with E-state index in [9.17, 15) is 0 Å². The van der Waals surface area contributed by atoms with Crippen LogP contribution < -0.4 is 10.1 Å². The number of halogens is 1. The number of aromatic nitrogens is 1. The Hall–Kier alpha value is -1.39. The van der Waals surface area contributed by atoms with E-state index in [0.717, 1.165) is 16.8 Å². The Balaban J connectivity index is 2.03. The first-order valence-electron chi connectivity index (χ1n) is 6.58. The lowest BCUT2D eigenvalue weighted by Gasteiger charge is -2.16. The molecule has 1 aromatic carbocycles. The van der Waals surface area contributed by atoms with Crippen LogP contribution in [0.15, 0.2) is 41.1 Å². The average molecular weight is 335 g/mol. The standard InChI is InChI=1S/C16H19BrN2O/c1-11-6-7-18-9-14(11)10-19-12(2)13-4-5-16(20-3)15(17)8-13/h4-9,12,19H,10H2,1-3H3. The second kappa shape index (κ2) is 6.86. The van der Waals surface area contributed by atoms with Crippen LogP contribution in [0.25, 0.3) is 0 Å². The number of nitrogens with zero attached hydrogens (tertiary/aromatic N) is 1. The van der Waals surface area contributed by atoms with Gasteiger partial charge in [-0.1, -0.05) is 6.07 Å². The van der Waals surface area contributed by atoms with Crippen LogP contribution in [0.1, 0.15) is 29.7 Å². The molecule has 0 aliphatic carbocycles. The molecule has 0 aliphatic rings. The minimum Gasteiger partial charge on any atom is -0.496 e. The molecule has 0 aliphatic heterocycles. The van der Waals surface area contributed by atoms with Crippen molar-refractivity contribution in [3.63, 3.8) is 0 Å². The van der Waals surface area contributed by atoms with Gasteiger partial charge in [0.25, 0.3) is 0 Å². The van der Waals surface area contributed by atoms with Crippen LogP contribution in [0.5, 0.6) is 5.75 Å². The third-order valence-electron chi connectivity index (χ3n) is 3.42. The van der Waals surface area contributed by atoms with Gasteiger partial charge in [0.15, 0.2) is 0 Å². The van der Waals surface area contributed by atoms with Crippen LogP contribution >= 0.6 is 15.9 Å². The predicted octanol–water partition coefficient (Wildman–Crippen LogP) is 4.01. The molecule has 1 N–H and O–H groups in total. The third kappa shape index (κ3) is 3.58. The third-order valence-corrected chi connectivity index (χ3v) is 4.04. The van der Waals surface area contributed by atoms with Gasteiger partial charge in [-0.25, -0.2) is 0 Å². The Bertz CT molecular complexity index is 586. The van der Waals surface area contributed by atoms with E-state index in [1.54, 1.807) is 7.11 Å². The Morgan fingerprint density at radius 3 is 2.80 bits per heavy atom. The summed E-state index contributed by atoms with van der Waals surface area (Å²) in [6.07, 6.45) is 3.74. The zero-order valence-electron chi connectivity index (χ0n) is 12.0. The summed E-state index contributed by atoms with van der Waals surface area (Å²) in [5.41, 5.74) is 3.71. The SMILES string of the molecule is COc1ccc(C(C)NCc2cnccc2C)cc1Br. The van der Waals surface area contributed by atoms with Crippen LogP contribution in [0.2, 0.25) is 0 Å². The zero-order valence-corrected chi connectivity index (χ0v) is 13.6. The fourth-order valence-electron chi connectivity index (χ4n) is 2.01. The Morgan fingerprint density at radius 1 is 1.35 bits per heavy atom. The van der Waals surface area contributed by atoms with Crippen LogP contribution in [-0.4, -0.2) is 12.1 Å². The van der Waals surface area contributed by atoms with Crippen molar-refractivity contribution in [1.29, 1.82) is 0 Å². The van der Waals surface area contributed by atoms with Crippen molar-refractivity contribution in [1.82, 2.24) is 10.3 Å². The molecule has 1 atom stereocenters. The molecule has 106 valence electrons. The summed E-state index contributed by atoms with van der Waals surface area (Å²) in [5.74, 6) is 0.851. The lowest BCUT2D eigenvalue weighted by Crippen LogP contribution is -2.18. The minimum atomic E-state index is 0.261. The number of methoxy groups -OCH3 is 1. The number of ether oxygens (including phenoxy) is 1. The van der Waals surface area contributed by atoms with Crippen molar-refractivity contribution < 1.29 is 4.74 Å². The van der Waals surface area contributed by atoms with E-state index in [-0.39, 0.29) is 6.04 Å². The molecule has 0 fully saturated rings. The van der Waals surface area contributed by atoms with Crippen molar-refractivity contribution >= 4 is 15.9 Å². The Labute approximate surface area is 128 Å². The molecular formula is C16H19BrN2O. The second-order valence-corrected chi connectivity index (χ2v) is 5.65. The van der Waals surface area contributed by atoms with Gasteiger partial charge < -0.3 is 10.1 Å². The summed E-state index contributed by atoms with van der Waals surface area (Å²) in [6.45, 7) is 5.07. The maximum Gasteiger partial charge on any atom is 0.133 e. The highest BCUT2D eigenvalue weighted by atomic mass is 79.9. The molecule has 0 saturated heterocycles. The molecule has 1 aromatic heterocycles. The van der Waals surface area contributed by atoms with Gasteiger partial charge in [-0.3, -0.25) is 4.98 Å². The molecule has 2 aromatic rings. The van der Waals surface area contributed by atoms with Gasteiger partial charge in [0.05, 0.1) is 11.6 Å². The molecule has 0 radical (unpaired) electrons. The molecule has 20 heavy (non-hydrogen) atoms. The van der Waals surface area contributed by atoms with Gasteiger partial charge >= 0.3 is 0 Å². The summed E-state index contributed by atoms with van der Waals surface area (Å²) in [7, 11) is 1.67. The molecular weight excluding hydrogens is 316 g/mol. The maximum absolute atomic E-state index is 5.25. The van der Waals surface area contributed by atoms with Crippen LogP contribution in [-0.2, 0) is 6.54 Å². The highest BCUT2D eigenvalue weighted by Gasteiger charge is 2.08. The van der Waals surface area contributed by atoms with E-state index in [2.05, 4.69) is 52.2 Å². The van der Waals surface area contributed by atoms with E-state index >= 15 is 0 Å².